The number of aromatic nitrogens is 2. The van der Waals surface area contributed by atoms with Crippen LogP contribution in [0.25, 0.3) is 0 Å². The van der Waals surface area contributed by atoms with Crippen molar-refractivity contribution in [3.63, 3.8) is 0 Å². The Morgan fingerprint density at radius 2 is 2.23 bits per heavy atom. The first kappa shape index (κ1) is 10.4. The van der Waals surface area contributed by atoms with Crippen molar-refractivity contribution in [1.29, 1.82) is 0 Å². The zero-order chi connectivity index (χ0) is 9.68. The Morgan fingerprint density at radius 1 is 1.46 bits per heavy atom. The summed E-state index contributed by atoms with van der Waals surface area (Å²) < 4.78 is 5.40. The highest BCUT2D eigenvalue weighted by Crippen LogP contribution is 2.15. The summed E-state index contributed by atoms with van der Waals surface area (Å²) >= 11 is 1.54. The minimum atomic E-state index is 0.242. The van der Waals surface area contributed by atoms with Crippen LogP contribution in [0, 0.1) is 0 Å². The lowest BCUT2D eigenvalue weighted by Gasteiger charge is -2.03. The molecule has 5 heteroatoms. The van der Waals surface area contributed by atoms with Crippen LogP contribution < -0.4 is 5.32 Å². The molecule has 0 unspecified atom stereocenters. The number of hydrogen-bond acceptors (Lipinski definition) is 5. The molecule has 0 amide bonds. The highest BCUT2D eigenvalue weighted by molar-refractivity contribution is 7.15. The molecule has 1 heterocycles. The standard InChI is InChI=1S/C8H15N3OS/c1-4-9-8-11-10-7(13-8)5-12-6(2)3/h6H,4-5H2,1-3H3,(H,9,11). The van der Waals surface area contributed by atoms with E-state index in [1.165, 1.54) is 0 Å². The normalized spacial score (nSPS) is 10.8. The van der Waals surface area contributed by atoms with E-state index in [0.29, 0.717) is 6.61 Å². The molecule has 0 aliphatic carbocycles. The smallest absolute Gasteiger partial charge is 0.205 e. The summed E-state index contributed by atoms with van der Waals surface area (Å²) in [5, 5.41) is 12.8. The van der Waals surface area contributed by atoms with Gasteiger partial charge in [-0.1, -0.05) is 11.3 Å². The van der Waals surface area contributed by atoms with Crippen molar-refractivity contribution in [2.24, 2.45) is 0 Å². The molecule has 1 aromatic rings. The second-order valence-electron chi connectivity index (χ2n) is 2.89. The molecule has 0 spiro atoms. The molecule has 1 rings (SSSR count). The van der Waals surface area contributed by atoms with Crippen LogP contribution in [0.1, 0.15) is 25.8 Å². The minimum Gasteiger partial charge on any atom is -0.372 e. The van der Waals surface area contributed by atoms with Crippen LogP contribution in [-0.2, 0) is 11.3 Å². The number of hydrogen-bond donors (Lipinski definition) is 1. The molecule has 4 nitrogen and oxygen atoms in total. The van der Waals surface area contributed by atoms with E-state index in [9.17, 15) is 0 Å². The predicted molar refractivity (Wildman–Crippen MR) is 54.0 cm³/mol. The fourth-order valence-electron chi connectivity index (χ4n) is 0.773. The number of nitrogens with one attached hydrogen (secondary N) is 1. The van der Waals surface area contributed by atoms with Gasteiger partial charge in [0.1, 0.15) is 11.6 Å². The van der Waals surface area contributed by atoms with Gasteiger partial charge in [0, 0.05) is 6.54 Å². The van der Waals surface area contributed by atoms with Crippen molar-refractivity contribution in [3.8, 4) is 0 Å². The minimum absolute atomic E-state index is 0.242. The SMILES string of the molecule is CCNc1nnc(COC(C)C)s1. The van der Waals surface area contributed by atoms with Gasteiger partial charge >= 0.3 is 0 Å². The van der Waals surface area contributed by atoms with Crippen molar-refractivity contribution in [3.05, 3.63) is 5.01 Å². The summed E-state index contributed by atoms with van der Waals surface area (Å²) in [5.41, 5.74) is 0. The zero-order valence-electron chi connectivity index (χ0n) is 8.20. The summed E-state index contributed by atoms with van der Waals surface area (Å²) in [6.07, 6.45) is 0.242. The molecule has 0 saturated carbocycles. The van der Waals surface area contributed by atoms with Gasteiger partial charge in [0.15, 0.2) is 0 Å². The van der Waals surface area contributed by atoms with Crippen molar-refractivity contribution < 1.29 is 4.74 Å². The Bertz CT molecular complexity index is 249. The van der Waals surface area contributed by atoms with Crippen LogP contribution in [0.15, 0.2) is 0 Å². The Labute approximate surface area is 82.3 Å². The summed E-state index contributed by atoms with van der Waals surface area (Å²) in [5.74, 6) is 0. The van der Waals surface area contributed by atoms with E-state index in [4.69, 9.17) is 4.74 Å². The largest absolute Gasteiger partial charge is 0.372 e. The van der Waals surface area contributed by atoms with Gasteiger partial charge in [-0.05, 0) is 20.8 Å². The maximum Gasteiger partial charge on any atom is 0.205 e. The van der Waals surface area contributed by atoms with E-state index in [1.54, 1.807) is 11.3 Å². The fraction of sp³-hybridized carbons (Fsp3) is 0.750. The van der Waals surface area contributed by atoms with Gasteiger partial charge in [-0.25, -0.2) is 0 Å². The van der Waals surface area contributed by atoms with Crippen LogP contribution >= 0.6 is 11.3 Å². The van der Waals surface area contributed by atoms with Gasteiger partial charge in [0.05, 0.1) is 6.10 Å². The van der Waals surface area contributed by atoms with Crippen molar-refractivity contribution in [1.82, 2.24) is 10.2 Å². The quantitative estimate of drug-likeness (QED) is 0.790. The molecule has 1 N–H and O–H groups in total. The van der Waals surface area contributed by atoms with Crippen LogP contribution in [0.2, 0.25) is 0 Å². The lowest BCUT2D eigenvalue weighted by atomic mass is 10.5. The van der Waals surface area contributed by atoms with E-state index >= 15 is 0 Å². The fourth-order valence-corrected chi connectivity index (χ4v) is 1.50. The number of nitrogens with zero attached hydrogens (tertiary/aromatic N) is 2. The molecule has 0 saturated heterocycles. The molecule has 13 heavy (non-hydrogen) atoms. The summed E-state index contributed by atoms with van der Waals surface area (Å²) in [4.78, 5) is 0. The second-order valence-corrected chi connectivity index (χ2v) is 3.95. The van der Waals surface area contributed by atoms with Gasteiger partial charge in [0.25, 0.3) is 0 Å². The number of rotatable bonds is 5. The van der Waals surface area contributed by atoms with E-state index in [1.807, 2.05) is 20.8 Å². The first-order valence-corrected chi connectivity index (χ1v) is 5.22. The van der Waals surface area contributed by atoms with E-state index in [0.717, 1.165) is 16.7 Å². The molecular formula is C8H15N3OS. The van der Waals surface area contributed by atoms with Crippen LogP contribution in [-0.4, -0.2) is 22.8 Å². The molecule has 0 atom stereocenters. The lowest BCUT2D eigenvalue weighted by molar-refractivity contribution is 0.0652. The van der Waals surface area contributed by atoms with Gasteiger partial charge < -0.3 is 10.1 Å². The van der Waals surface area contributed by atoms with Gasteiger partial charge in [-0.2, -0.15) is 0 Å². The molecule has 0 aliphatic rings. The molecule has 0 aromatic carbocycles. The lowest BCUT2D eigenvalue weighted by Crippen LogP contribution is -2.01. The molecular weight excluding hydrogens is 186 g/mol. The zero-order valence-corrected chi connectivity index (χ0v) is 9.02. The van der Waals surface area contributed by atoms with Crippen LogP contribution in [0.4, 0.5) is 5.13 Å². The monoisotopic (exact) mass is 201 g/mol. The van der Waals surface area contributed by atoms with Crippen molar-refractivity contribution in [2.75, 3.05) is 11.9 Å². The van der Waals surface area contributed by atoms with Crippen LogP contribution in [0.5, 0.6) is 0 Å². The third-order valence-corrected chi connectivity index (χ3v) is 2.19. The molecule has 1 aromatic heterocycles. The Hall–Kier alpha value is -0.680. The number of ether oxygens (including phenoxy) is 1. The van der Waals surface area contributed by atoms with Gasteiger partial charge in [-0.15, -0.1) is 10.2 Å². The molecule has 0 aliphatic heterocycles. The average molecular weight is 201 g/mol. The maximum absolute atomic E-state index is 5.40. The molecule has 0 bridgehead atoms. The van der Waals surface area contributed by atoms with Crippen LogP contribution in [0.3, 0.4) is 0 Å². The topological polar surface area (TPSA) is 47.0 Å². The predicted octanol–water partition coefficient (Wildman–Crippen LogP) is 1.89. The Morgan fingerprint density at radius 3 is 2.85 bits per heavy atom. The number of anilines is 1. The summed E-state index contributed by atoms with van der Waals surface area (Å²) in [6.45, 7) is 7.48. The van der Waals surface area contributed by atoms with Crippen molar-refractivity contribution in [2.45, 2.75) is 33.5 Å². The molecule has 0 fully saturated rings. The van der Waals surface area contributed by atoms with Crippen molar-refractivity contribution >= 4 is 16.5 Å². The Kier molecular flexibility index (Phi) is 4.11. The Balaban J connectivity index is 2.39. The first-order valence-electron chi connectivity index (χ1n) is 4.40. The van der Waals surface area contributed by atoms with Gasteiger partial charge in [-0.3, -0.25) is 0 Å². The molecule has 74 valence electrons. The third kappa shape index (κ3) is 3.69. The summed E-state index contributed by atoms with van der Waals surface area (Å²) in [7, 11) is 0. The maximum atomic E-state index is 5.40. The highest BCUT2D eigenvalue weighted by atomic mass is 32.1. The van der Waals surface area contributed by atoms with Gasteiger partial charge in [0.2, 0.25) is 5.13 Å². The second kappa shape index (κ2) is 5.14. The average Bonchev–Trinajstić information content (AvgIpc) is 2.50. The molecule has 0 radical (unpaired) electrons. The summed E-state index contributed by atoms with van der Waals surface area (Å²) in [6, 6.07) is 0. The highest BCUT2D eigenvalue weighted by Gasteiger charge is 2.03. The first-order chi connectivity index (χ1) is 6.22. The van der Waals surface area contributed by atoms with E-state index < -0.39 is 0 Å². The third-order valence-electron chi connectivity index (χ3n) is 1.33. The van der Waals surface area contributed by atoms with E-state index in [2.05, 4.69) is 15.5 Å². The van der Waals surface area contributed by atoms with E-state index in [-0.39, 0.29) is 6.10 Å².